The van der Waals surface area contributed by atoms with Gasteiger partial charge in [-0.1, -0.05) is 6.92 Å². The summed E-state index contributed by atoms with van der Waals surface area (Å²) in [5.74, 6) is -0.461. The molecule has 0 aromatic heterocycles. The first-order valence-electron chi connectivity index (χ1n) is 11.5. The van der Waals surface area contributed by atoms with Crippen molar-refractivity contribution < 1.29 is 45.0 Å². The molecule has 2 saturated carbocycles. The quantitative estimate of drug-likeness (QED) is 0.200. The van der Waals surface area contributed by atoms with Crippen LogP contribution in [0.1, 0.15) is 56.1 Å². The Morgan fingerprint density at radius 1 is 1.06 bits per heavy atom. The number of aliphatic hydroxyl groups is 4. The number of aliphatic hydroxyl groups excluding tert-OH is 4. The van der Waals surface area contributed by atoms with Gasteiger partial charge in [-0.3, -0.25) is 0 Å². The van der Waals surface area contributed by atoms with Gasteiger partial charge in [0.25, 0.3) is 0 Å². The van der Waals surface area contributed by atoms with Crippen molar-refractivity contribution in [1.29, 1.82) is 0 Å². The molecule has 0 saturated heterocycles. The van der Waals surface area contributed by atoms with Crippen LogP contribution >= 0.6 is 0 Å². The van der Waals surface area contributed by atoms with Gasteiger partial charge in [0.1, 0.15) is 24.4 Å². The van der Waals surface area contributed by atoms with E-state index in [4.69, 9.17) is 4.74 Å². The summed E-state index contributed by atoms with van der Waals surface area (Å²) in [6, 6.07) is 3.32. The van der Waals surface area contributed by atoms with Gasteiger partial charge in [-0.05, 0) is 79.5 Å². The van der Waals surface area contributed by atoms with Crippen molar-refractivity contribution in [2.45, 2.75) is 81.9 Å². The van der Waals surface area contributed by atoms with Crippen LogP contribution in [0.4, 0.5) is 0 Å². The number of carbonyl (C=O) groups is 2. The second-order valence-corrected chi connectivity index (χ2v) is 10.1. The Balaban J connectivity index is 1.47. The van der Waals surface area contributed by atoms with E-state index in [1.54, 1.807) is 12.1 Å². The van der Waals surface area contributed by atoms with Gasteiger partial charge in [-0.25, -0.2) is 4.79 Å². The molecule has 0 unspecified atom stereocenters. The molecule has 9 heteroatoms. The average molecular weight is 465 g/mol. The zero-order valence-electron chi connectivity index (χ0n) is 18.5. The molecule has 0 heterocycles. The highest BCUT2D eigenvalue weighted by molar-refractivity contribution is 5.75. The number of phenolic OH excluding ortho intramolecular Hbond substituents is 2. The maximum absolute atomic E-state index is 12.5. The topological polar surface area (TPSA) is 165 Å². The fourth-order valence-electron chi connectivity index (χ4n) is 6.56. The van der Waals surface area contributed by atoms with Gasteiger partial charge in [-0.2, -0.15) is 0 Å². The van der Waals surface area contributed by atoms with E-state index in [1.807, 2.05) is 0 Å². The number of aldehydes is 1. The van der Waals surface area contributed by atoms with Gasteiger partial charge < -0.3 is 40.2 Å². The Labute approximate surface area is 191 Å². The molecule has 0 radical (unpaired) electrons. The largest absolute Gasteiger partial charge is 0.504 e. The van der Waals surface area contributed by atoms with Gasteiger partial charge in [0.15, 0.2) is 23.9 Å². The van der Waals surface area contributed by atoms with Crippen molar-refractivity contribution >= 4 is 12.3 Å². The predicted molar refractivity (Wildman–Crippen MR) is 114 cm³/mol. The monoisotopic (exact) mass is 464 g/mol. The van der Waals surface area contributed by atoms with Gasteiger partial charge >= 0.3 is 5.97 Å². The molecule has 0 amide bonds. The summed E-state index contributed by atoms with van der Waals surface area (Å²) in [5.41, 5.74) is 1.81. The van der Waals surface area contributed by atoms with Crippen molar-refractivity contribution in [3.8, 4) is 11.5 Å². The third-order valence-electron chi connectivity index (χ3n) is 8.40. The molecule has 1 aromatic rings. The SMILES string of the molecule is C[C@]12CC[C@@H]3c4cc(O)c(O)cc4CC[C@H]3[C@@H]1CC[C@@H]2OC(=O)[C@@H](O)[C@@H](O)[C@H](O)[C@@H](O)C=O. The van der Waals surface area contributed by atoms with E-state index in [0.717, 1.165) is 43.2 Å². The van der Waals surface area contributed by atoms with Crippen molar-refractivity contribution in [3.63, 3.8) is 0 Å². The number of phenols is 2. The fraction of sp³-hybridized carbons (Fsp3) is 0.667. The van der Waals surface area contributed by atoms with Crippen LogP contribution in [0.2, 0.25) is 0 Å². The zero-order valence-corrected chi connectivity index (χ0v) is 18.5. The van der Waals surface area contributed by atoms with Crippen molar-refractivity contribution in [2.24, 2.45) is 17.3 Å². The summed E-state index contributed by atoms with van der Waals surface area (Å²) >= 11 is 0. The van der Waals surface area contributed by atoms with Crippen LogP contribution in [-0.4, -0.2) is 73.4 Å². The number of carbonyl (C=O) groups excluding carboxylic acids is 2. The number of aromatic hydroxyl groups is 2. The van der Waals surface area contributed by atoms with Crippen molar-refractivity contribution in [2.75, 3.05) is 0 Å². The Bertz CT molecular complexity index is 917. The maximum atomic E-state index is 12.5. The van der Waals surface area contributed by atoms with Crippen molar-refractivity contribution in [1.82, 2.24) is 0 Å². The number of rotatable bonds is 6. The van der Waals surface area contributed by atoms with E-state index in [2.05, 4.69) is 6.92 Å². The molecule has 3 aliphatic rings. The standard InChI is InChI=1S/C24H32O9/c1-24-7-6-12-13(3-2-11-8-16(26)17(27)9-14(11)12)15(24)4-5-19(24)33-23(32)22(31)21(30)20(29)18(28)10-25/h8-10,12-13,15,18-22,26-31H,2-7H2,1H3/t12-,13+,15-,18-,19-,20+,21-,22-,24-/m0/s1. The first-order chi connectivity index (χ1) is 15.6. The van der Waals surface area contributed by atoms with Gasteiger partial charge in [0.2, 0.25) is 0 Å². The first-order valence-corrected chi connectivity index (χ1v) is 11.5. The minimum Gasteiger partial charge on any atom is -0.504 e. The van der Waals surface area contributed by atoms with Crippen LogP contribution in [0.25, 0.3) is 0 Å². The molecular formula is C24H32O9. The number of hydrogen-bond donors (Lipinski definition) is 6. The Kier molecular flexibility index (Phi) is 6.43. The lowest BCUT2D eigenvalue weighted by Gasteiger charge is -2.50. The van der Waals surface area contributed by atoms with Crippen LogP contribution in [-0.2, 0) is 20.7 Å². The Hall–Kier alpha value is -2.20. The van der Waals surface area contributed by atoms with E-state index < -0.39 is 36.5 Å². The fourth-order valence-corrected chi connectivity index (χ4v) is 6.56. The number of aryl methyl sites for hydroxylation is 1. The molecule has 3 aliphatic carbocycles. The number of esters is 1. The third-order valence-corrected chi connectivity index (χ3v) is 8.40. The number of ether oxygens (including phenoxy) is 1. The van der Waals surface area contributed by atoms with E-state index in [9.17, 15) is 40.2 Å². The van der Waals surface area contributed by atoms with E-state index in [-0.39, 0.29) is 35.0 Å². The molecule has 4 rings (SSSR count). The minimum absolute atomic E-state index is 0.0103. The highest BCUT2D eigenvalue weighted by atomic mass is 16.6. The second-order valence-electron chi connectivity index (χ2n) is 10.1. The van der Waals surface area contributed by atoms with Gasteiger partial charge in [-0.15, -0.1) is 0 Å². The molecule has 2 fully saturated rings. The normalized spacial score (nSPS) is 34.2. The van der Waals surface area contributed by atoms with Crippen LogP contribution in [0.15, 0.2) is 12.1 Å². The average Bonchev–Trinajstić information content (AvgIpc) is 3.13. The number of benzene rings is 1. The lowest BCUT2D eigenvalue weighted by Crippen LogP contribution is -2.50. The summed E-state index contributed by atoms with van der Waals surface area (Å²) in [5, 5.41) is 59.0. The molecule has 0 aliphatic heterocycles. The van der Waals surface area contributed by atoms with Crippen LogP contribution in [0.5, 0.6) is 11.5 Å². The van der Waals surface area contributed by atoms with Gasteiger partial charge in [0, 0.05) is 5.41 Å². The number of fused-ring (bicyclic) bond motifs is 5. The van der Waals surface area contributed by atoms with Crippen LogP contribution in [0, 0.1) is 17.3 Å². The highest BCUT2D eigenvalue weighted by Crippen LogP contribution is 2.62. The van der Waals surface area contributed by atoms with Crippen LogP contribution in [0.3, 0.4) is 0 Å². The van der Waals surface area contributed by atoms with Gasteiger partial charge in [0.05, 0.1) is 0 Å². The Morgan fingerprint density at radius 2 is 1.76 bits per heavy atom. The molecule has 1 aromatic carbocycles. The zero-order chi connectivity index (χ0) is 24.1. The molecule has 0 bridgehead atoms. The number of hydrogen-bond acceptors (Lipinski definition) is 9. The highest BCUT2D eigenvalue weighted by Gasteiger charge is 2.56. The first kappa shape index (κ1) is 23.9. The van der Waals surface area contributed by atoms with Crippen molar-refractivity contribution in [3.05, 3.63) is 23.3 Å². The summed E-state index contributed by atoms with van der Waals surface area (Å²) in [6.45, 7) is 2.08. The molecule has 9 atom stereocenters. The van der Waals surface area contributed by atoms with E-state index in [0.29, 0.717) is 12.3 Å². The lowest BCUT2D eigenvalue weighted by molar-refractivity contribution is -0.181. The smallest absolute Gasteiger partial charge is 0.338 e. The Morgan fingerprint density at radius 3 is 2.45 bits per heavy atom. The lowest BCUT2D eigenvalue weighted by atomic mass is 9.55. The molecular weight excluding hydrogens is 432 g/mol. The summed E-state index contributed by atoms with van der Waals surface area (Å²) < 4.78 is 5.61. The maximum Gasteiger partial charge on any atom is 0.338 e. The van der Waals surface area contributed by atoms with E-state index in [1.165, 1.54) is 0 Å². The summed E-state index contributed by atoms with van der Waals surface area (Å²) in [4.78, 5) is 23.1. The third kappa shape index (κ3) is 4.01. The second kappa shape index (κ2) is 8.87. The summed E-state index contributed by atoms with van der Waals surface area (Å²) in [6.07, 6.45) is -3.79. The molecule has 6 N–H and O–H groups in total. The molecule has 182 valence electrons. The summed E-state index contributed by atoms with van der Waals surface area (Å²) in [7, 11) is 0. The van der Waals surface area contributed by atoms with E-state index >= 15 is 0 Å². The van der Waals surface area contributed by atoms with Crippen LogP contribution < -0.4 is 0 Å². The predicted octanol–water partition coefficient (Wildman–Crippen LogP) is 0.508. The molecule has 0 spiro atoms. The molecule has 33 heavy (non-hydrogen) atoms. The minimum atomic E-state index is -2.09. The molecule has 9 nitrogen and oxygen atoms in total.